The molecule has 1 aromatic carbocycles. The van der Waals surface area contributed by atoms with Gasteiger partial charge in [0.15, 0.2) is 0 Å². The molecule has 2 rings (SSSR count). The van der Waals surface area contributed by atoms with E-state index in [1.165, 1.54) is 12.1 Å². The van der Waals surface area contributed by atoms with Gasteiger partial charge in [0.1, 0.15) is 5.82 Å². The first kappa shape index (κ1) is 8.70. The Morgan fingerprint density at radius 2 is 2.15 bits per heavy atom. The van der Waals surface area contributed by atoms with Gasteiger partial charge in [-0.1, -0.05) is 18.6 Å². The topological polar surface area (TPSA) is 20.2 Å². The van der Waals surface area contributed by atoms with Crippen LogP contribution in [0.25, 0.3) is 0 Å². The smallest absolute Gasteiger partial charge is 0.123 e. The Hall–Kier alpha value is -0.890. The van der Waals surface area contributed by atoms with Crippen LogP contribution in [0.5, 0.6) is 0 Å². The minimum absolute atomic E-state index is 0.149. The van der Waals surface area contributed by atoms with Crippen molar-refractivity contribution in [1.29, 1.82) is 0 Å². The van der Waals surface area contributed by atoms with Crippen LogP contribution in [0.15, 0.2) is 24.3 Å². The summed E-state index contributed by atoms with van der Waals surface area (Å²) in [6, 6.07) is 6.56. The number of aliphatic hydroxyl groups excluding tert-OH is 1. The second kappa shape index (κ2) is 3.46. The van der Waals surface area contributed by atoms with Crippen LogP contribution < -0.4 is 0 Å². The Balaban J connectivity index is 2.24. The number of hydrogen-bond acceptors (Lipinski definition) is 1. The average Bonchev–Trinajstić information content (AvgIpc) is 2.51. The van der Waals surface area contributed by atoms with Crippen molar-refractivity contribution in [2.75, 3.05) is 0 Å². The summed E-state index contributed by atoms with van der Waals surface area (Å²) in [7, 11) is 0. The molecule has 0 radical (unpaired) electrons. The molecule has 0 amide bonds. The normalized spacial score (nSPS) is 27.8. The number of aliphatic hydroxyl groups is 1. The Bertz CT molecular complexity index is 298. The predicted molar refractivity (Wildman–Crippen MR) is 49.0 cm³/mol. The second-order valence-electron chi connectivity index (χ2n) is 3.66. The van der Waals surface area contributed by atoms with E-state index in [4.69, 9.17) is 0 Å². The van der Waals surface area contributed by atoms with Crippen LogP contribution in [0.1, 0.15) is 30.7 Å². The van der Waals surface area contributed by atoms with Crippen molar-refractivity contribution in [3.8, 4) is 0 Å². The third kappa shape index (κ3) is 1.73. The lowest BCUT2D eigenvalue weighted by atomic mass is 9.96. The summed E-state index contributed by atoms with van der Waals surface area (Å²) >= 11 is 0. The van der Waals surface area contributed by atoms with Gasteiger partial charge < -0.3 is 5.11 Å². The standard InChI is InChI=1S/C11H13FO/c12-9-4-1-3-8(7-9)10-5-2-6-11(10)13/h1,3-4,7,10-11,13H,2,5-6H2. The first-order chi connectivity index (χ1) is 6.27. The highest BCUT2D eigenvalue weighted by Gasteiger charge is 2.26. The Morgan fingerprint density at radius 3 is 2.77 bits per heavy atom. The number of halogens is 1. The molecule has 1 aliphatic rings. The molecule has 0 aromatic heterocycles. The maximum absolute atomic E-state index is 12.9. The maximum Gasteiger partial charge on any atom is 0.123 e. The summed E-state index contributed by atoms with van der Waals surface area (Å²) in [5.74, 6) is -0.0627. The molecule has 1 nitrogen and oxygen atoms in total. The van der Waals surface area contributed by atoms with Gasteiger partial charge in [-0.05, 0) is 30.5 Å². The lowest BCUT2D eigenvalue weighted by Gasteiger charge is -2.14. The van der Waals surface area contributed by atoms with Gasteiger partial charge >= 0.3 is 0 Å². The zero-order valence-electron chi connectivity index (χ0n) is 7.41. The molecule has 13 heavy (non-hydrogen) atoms. The lowest BCUT2D eigenvalue weighted by Crippen LogP contribution is -2.10. The number of rotatable bonds is 1. The minimum Gasteiger partial charge on any atom is -0.392 e. The van der Waals surface area contributed by atoms with Crippen molar-refractivity contribution < 1.29 is 9.50 Å². The van der Waals surface area contributed by atoms with Crippen molar-refractivity contribution in [2.24, 2.45) is 0 Å². The van der Waals surface area contributed by atoms with Gasteiger partial charge in [-0.3, -0.25) is 0 Å². The summed E-state index contributed by atoms with van der Waals surface area (Å²) < 4.78 is 12.9. The molecule has 0 aliphatic heterocycles. The molecule has 1 aliphatic carbocycles. The van der Waals surface area contributed by atoms with E-state index in [-0.39, 0.29) is 17.8 Å². The van der Waals surface area contributed by atoms with Crippen LogP contribution >= 0.6 is 0 Å². The van der Waals surface area contributed by atoms with Crippen molar-refractivity contribution in [3.05, 3.63) is 35.6 Å². The van der Waals surface area contributed by atoms with E-state index in [2.05, 4.69) is 0 Å². The van der Waals surface area contributed by atoms with E-state index >= 15 is 0 Å². The molecule has 1 N–H and O–H groups in total. The quantitative estimate of drug-likeness (QED) is 0.703. The van der Waals surface area contributed by atoms with Crippen LogP contribution in [-0.2, 0) is 0 Å². The van der Waals surface area contributed by atoms with E-state index in [0.717, 1.165) is 24.8 Å². The largest absolute Gasteiger partial charge is 0.392 e. The molecule has 1 fully saturated rings. The zero-order valence-corrected chi connectivity index (χ0v) is 7.41. The van der Waals surface area contributed by atoms with Gasteiger partial charge in [0.2, 0.25) is 0 Å². The van der Waals surface area contributed by atoms with Crippen molar-refractivity contribution in [3.63, 3.8) is 0 Å². The Kier molecular flexibility index (Phi) is 2.32. The molecule has 70 valence electrons. The fraction of sp³-hybridized carbons (Fsp3) is 0.455. The molecule has 1 aromatic rings. The van der Waals surface area contributed by atoms with E-state index in [1.807, 2.05) is 6.07 Å². The van der Waals surface area contributed by atoms with Gasteiger partial charge in [-0.15, -0.1) is 0 Å². The third-order valence-electron chi connectivity index (χ3n) is 2.76. The highest BCUT2D eigenvalue weighted by atomic mass is 19.1. The molecule has 2 unspecified atom stereocenters. The number of benzene rings is 1. The predicted octanol–water partition coefficient (Wildman–Crippen LogP) is 2.45. The summed E-state index contributed by atoms with van der Waals surface area (Å²) in [4.78, 5) is 0. The highest BCUT2D eigenvalue weighted by molar-refractivity contribution is 5.22. The summed E-state index contributed by atoms with van der Waals surface area (Å²) in [6.45, 7) is 0. The Morgan fingerprint density at radius 1 is 1.31 bits per heavy atom. The summed E-state index contributed by atoms with van der Waals surface area (Å²) in [5, 5.41) is 9.61. The molecule has 0 heterocycles. The maximum atomic E-state index is 12.9. The zero-order chi connectivity index (χ0) is 9.26. The van der Waals surface area contributed by atoms with Gasteiger partial charge in [0.25, 0.3) is 0 Å². The summed E-state index contributed by atoms with van der Waals surface area (Å²) in [5.41, 5.74) is 0.935. The van der Waals surface area contributed by atoms with Gasteiger partial charge in [-0.25, -0.2) is 4.39 Å². The van der Waals surface area contributed by atoms with Crippen LogP contribution in [0.2, 0.25) is 0 Å². The third-order valence-corrected chi connectivity index (χ3v) is 2.76. The van der Waals surface area contributed by atoms with Crippen molar-refractivity contribution >= 4 is 0 Å². The monoisotopic (exact) mass is 180 g/mol. The number of hydrogen-bond donors (Lipinski definition) is 1. The second-order valence-corrected chi connectivity index (χ2v) is 3.66. The molecule has 1 saturated carbocycles. The van der Waals surface area contributed by atoms with Crippen LogP contribution in [0.4, 0.5) is 4.39 Å². The summed E-state index contributed by atoms with van der Waals surface area (Å²) in [6.07, 6.45) is 2.59. The minimum atomic E-state index is -0.276. The molecule has 0 bridgehead atoms. The van der Waals surface area contributed by atoms with Crippen molar-refractivity contribution in [1.82, 2.24) is 0 Å². The van der Waals surface area contributed by atoms with Gasteiger partial charge in [0, 0.05) is 5.92 Å². The van der Waals surface area contributed by atoms with Crippen molar-refractivity contribution in [2.45, 2.75) is 31.3 Å². The van der Waals surface area contributed by atoms with Crippen LogP contribution in [-0.4, -0.2) is 11.2 Å². The van der Waals surface area contributed by atoms with Gasteiger partial charge in [0.05, 0.1) is 6.10 Å². The molecule has 0 saturated heterocycles. The molecule has 0 spiro atoms. The average molecular weight is 180 g/mol. The first-order valence-electron chi connectivity index (χ1n) is 4.71. The van der Waals surface area contributed by atoms with E-state index in [1.54, 1.807) is 6.07 Å². The lowest BCUT2D eigenvalue weighted by molar-refractivity contribution is 0.163. The molecule has 2 atom stereocenters. The van der Waals surface area contributed by atoms with Crippen LogP contribution in [0, 0.1) is 5.82 Å². The first-order valence-corrected chi connectivity index (χ1v) is 4.71. The molecular formula is C11H13FO. The van der Waals surface area contributed by atoms with E-state index < -0.39 is 0 Å². The Labute approximate surface area is 77.2 Å². The van der Waals surface area contributed by atoms with Crippen LogP contribution in [0.3, 0.4) is 0 Å². The SMILES string of the molecule is OC1CCCC1c1cccc(F)c1. The van der Waals surface area contributed by atoms with Gasteiger partial charge in [-0.2, -0.15) is 0 Å². The highest BCUT2D eigenvalue weighted by Crippen LogP contribution is 2.34. The fourth-order valence-electron chi connectivity index (χ4n) is 2.07. The molecule has 2 heteroatoms. The molecular weight excluding hydrogens is 167 g/mol. The van der Waals surface area contributed by atoms with E-state index in [0.29, 0.717) is 0 Å². The van der Waals surface area contributed by atoms with E-state index in [9.17, 15) is 9.50 Å². The fourth-order valence-corrected chi connectivity index (χ4v) is 2.07.